The lowest BCUT2D eigenvalue weighted by Crippen LogP contribution is -2.21. The second kappa shape index (κ2) is 8.98. The van der Waals surface area contributed by atoms with Crippen LogP contribution >= 0.6 is 31.9 Å². The Morgan fingerprint density at radius 3 is 2.17 bits per heavy atom. The number of para-hydroxylation sites is 1. The van der Waals surface area contributed by atoms with Gasteiger partial charge in [-0.15, -0.1) is 0 Å². The first-order chi connectivity index (χ1) is 14.6. The summed E-state index contributed by atoms with van der Waals surface area (Å²) >= 11 is 7.12. The van der Waals surface area contributed by atoms with Gasteiger partial charge in [0.05, 0.1) is 26.8 Å². The van der Waals surface area contributed by atoms with E-state index >= 15 is 0 Å². The molecule has 4 nitrogen and oxygen atoms in total. The maximum atomic E-state index is 13.3. The topological polar surface area (TPSA) is 41.9 Å². The van der Waals surface area contributed by atoms with Gasteiger partial charge in [0, 0.05) is 5.56 Å². The molecule has 0 fully saturated rings. The Morgan fingerprint density at radius 1 is 0.967 bits per heavy atom. The van der Waals surface area contributed by atoms with Gasteiger partial charge in [0.15, 0.2) is 0 Å². The van der Waals surface area contributed by atoms with Gasteiger partial charge >= 0.3 is 0 Å². The van der Waals surface area contributed by atoms with E-state index in [9.17, 15) is 4.79 Å². The molecule has 0 saturated heterocycles. The second-order valence-corrected chi connectivity index (χ2v) is 8.28. The predicted molar refractivity (Wildman–Crippen MR) is 128 cm³/mol. The standard InChI is InChI=1S/C24H18Br2N2O2/c1-2-30-23-20(25)14-16(15-21(23)26)13-19-22(17-9-5-3-6-10-17)27-28(24(19)29)18-11-7-4-8-12-18/h3-15H,2H2,1H3/b19-13-. The van der Waals surface area contributed by atoms with Crippen LogP contribution in [0.1, 0.15) is 18.1 Å². The summed E-state index contributed by atoms with van der Waals surface area (Å²) in [5.74, 6) is 0.571. The number of carbonyl (C=O) groups is 1. The number of rotatable bonds is 5. The molecule has 1 amide bonds. The quantitative estimate of drug-likeness (QED) is 0.359. The molecule has 0 aromatic heterocycles. The lowest BCUT2D eigenvalue weighted by atomic mass is 10.0. The molecule has 0 N–H and O–H groups in total. The highest BCUT2D eigenvalue weighted by atomic mass is 79.9. The Kier molecular flexibility index (Phi) is 6.16. The number of nitrogens with zero attached hydrogens (tertiary/aromatic N) is 2. The van der Waals surface area contributed by atoms with Crippen molar-refractivity contribution in [3.8, 4) is 5.75 Å². The third kappa shape index (κ3) is 4.11. The maximum Gasteiger partial charge on any atom is 0.281 e. The Balaban J connectivity index is 1.81. The largest absolute Gasteiger partial charge is 0.492 e. The van der Waals surface area contributed by atoms with Gasteiger partial charge in [0.2, 0.25) is 0 Å². The first-order valence-corrected chi connectivity index (χ1v) is 11.0. The molecule has 0 bridgehead atoms. The molecule has 30 heavy (non-hydrogen) atoms. The Bertz CT molecular complexity index is 1120. The summed E-state index contributed by atoms with van der Waals surface area (Å²) in [6, 6.07) is 23.0. The molecule has 6 heteroatoms. The fourth-order valence-electron chi connectivity index (χ4n) is 3.21. The van der Waals surface area contributed by atoms with E-state index in [4.69, 9.17) is 4.74 Å². The van der Waals surface area contributed by atoms with Gasteiger partial charge in [0.25, 0.3) is 5.91 Å². The lowest BCUT2D eigenvalue weighted by Gasteiger charge is -2.11. The van der Waals surface area contributed by atoms with Crippen LogP contribution in [0, 0.1) is 0 Å². The molecular formula is C24H18Br2N2O2. The molecule has 0 saturated carbocycles. The molecule has 0 radical (unpaired) electrons. The van der Waals surface area contributed by atoms with Crippen molar-refractivity contribution < 1.29 is 9.53 Å². The highest BCUT2D eigenvalue weighted by molar-refractivity contribution is 9.11. The predicted octanol–water partition coefficient (Wildman–Crippen LogP) is 6.44. The minimum Gasteiger partial charge on any atom is -0.492 e. The summed E-state index contributed by atoms with van der Waals surface area (Å²) < 4.78 is 7.29. The zero-order valence-electron chi connectivity index (χ0n) is 16.2. The summed E-state index contributed by atoms with van der Waals surface area (Å²) in [6.45, 7) is 2.50. The average molecular weight is 526 g/mol. The van der Waals surface area contributed by atoms with Crippen LogP contribution in [-0.4, -0.2) is 18.2 Å². The summed E-state index contributed by atoms with van der Waals surface area (Å²) in [5.41, 5.74) is 3.66. The number of ether oxygens (including phenoxy) is 1. The lowest BCUT2D eigenvalue weighted by molar-refractivity contribution is -0.114. The number of anilines is 1. The van der Waals surface area contributed by atoms with Crippen LogP contribution in [-0.2, 0) is 4.79 Å². The van der Waals surface area contributed by atoms with Gasteiger partial charge in [-0.1, -0.05) is 48.5 Å². The van der Waals surface area contributed by atoms with Crippen molar-refractivity contribution in [2.45, 2.75) is 6.92 Å². The normalized spacial score (nSPS) is 14.9. The molecule has 1 aliphatic heterocycles. The summed E-state index contributed by atoms with van der Waals surface area (Å²) in [6.07, 6.45) is 1.86. The van der Waals surface area contributed by atoms with Crippen molar-refractivity contribution in [1.82, 2.24) is 0 Å². The maximum absolute atomic E-state index is 13.3. The van der Waals surface area contributed by atoms with Gasteiger partial charge in [-0.05, 0) is 74.7 Å². The van der Waals surface area contributed by atoms with Crippen LogP contribution in [0.4, 0.5) is 5.69 Å². The van der Waals surface area contributed by atoms with Gasteiger partial charge in [0.1, 0.15) is 11.5 Å². The molecule has 1 aliphatic rings. The molecule has 0 unspecified atom stereocenters. The number of amides is 1. The fourth-order valence-corrected chi connectivity index (χ4v) is 4.66. The van der Waals surface area contributed by atoms with Crippen molar-refractivity contribution in [3.63, 3.8) is 0 Å². The third-order valence-electron chi connectivity index (χ3n) is 4.55. The van der Waals surface area contributed by atoms with Crippen LogP contribution in [0.5, 0.6) is 5.75 Å². The molecule has 3 aromatic rings. The van der Waals surface area contributed by atoms with E-state index < -0.39 is 0 Å². The third-order valence-corrected chi connectivity index (χ3v) is 5.72. The Morgan fingerprint density at radius 2 is 1.57 bits per heavy atom. The van der Waals surface area contributed by atoms with E-state index in [0.717, 1.165) is 31.5 Å². The van der Waals surface area contributed by atoms with Gasteiger partial charge in [-0.3, -0.25) is 4.79 Å². The van der Waals surface area contributed by atoms with Gasteiger partial charge < -0.3 is 4.74 Å². The number of hydrazone groups is 1. The van der Waals surface area contributed by atoms with Crippen molar-refractivity contribution in [2.75, 3.05) is 11.6 Å². The van der Waals surface area contributed by atoms with Crippen LogP contribution < -0.4 is 9.75 Å². The Labute approximate surface area is 192 Å². The first kappa shape index (κ1) is 20.6. The minimum atomic E-state index is -0.166. The molecule has 1 heterocycles. The number of carbonyl (C=O) groups excluding carboxylic acids is 1. The SMILES string of the molecule is CCOc1c(Br)cc(/C=C2\C(=O)N(c3ccccc3)N=C2c2ccccc2)cc1Br. The zero-order chi connectivity index (χ0) is 21.1. The van der Waals surface area contributed by atoms with Gasteiger partial charge in [-0.25, -0.2) is 0 Å². The zero-order valence-corrected chi connectivity index (χ0v) is 19.4. The van der Waals surface area contributed by atoms with Crippen LogP contribution in [0.3, 0.4) is 0 Å². The van der Waals surface area contributed by atoms with E-state index in [1.165, 1.54) is 5.01 Å². The van der Waals surface area contributed by atoms with E-state index in [2.05, 4.69) is 37.0 Å². The second-order valence-electron chi connectivity index (χ2n) is 6.57. The average Bonchev–Trinajstić information content (AvgIpc) is 3.08. The molecule has 4 rings (SSSR count). The summed E-state index contributed by atoms with van der Waals surface area (Å²) in [4.78, 5) is 13.3. The molecule has 150 valence electrons. The molecule has 3 aromatic carbocycles. The van der Waals surface area contributed by atoms with Crippen LogP contribution in [0.15, 0.2) is 92.4 Å². The number of hydrogen-bond acceptors (Lipinski definition) is 3. The van der Waals surface area contributed by atoms with Crippen molar-refractivity contribution in [1.29, 1.82) is 0 Å². The molecular weight excluding hydrogens is 508 g/mol. The monoisotopic (exact) mass is 524 g/mol. The minimum absolute atomic E-state index is 0.166. The molecule has 0 aliphatic carbocycles. The smallest absolute Gasteiger partial charge is 0.281 e. The van der Waals surface area contributed by atoms with Crippen LogP contribution in [0.2, 0.25) is 0 Å². The fraction of sp³-hybridized carbons (Fsp3) is 0.0833. The number of benzene rings is 3. The molecule has 0 spiro atoms. The summed E-state index contributed by atoms with van der Waals surface area (Å²) in [5, 5.41) is 6.11. The van der Waals surface area contributed by atoms with Crippen molar-refractivity contribution in [2.24, 2.45) is 5.10 Å². The van der Waals surface area contributed by atoms with Crippen LogP contribution in [0.25, 0.3) is 6.08 Å². The molecule has 0 atom stereocenters. The van der Waals surface area contributed by atoms with Gasteiger partial charge in [-0.2, -0.15) is 10.1 Å². The van der Waals surface area contributed by atoms with E-state index in [1.807, 2.05) is 85.8 Å². The summed E-state index contributed by atoms with van der Waals surface area (Å²) in [7, 11) is 0. The van der Waals surface area contributed by atoms with Crippen molar-refractivity contribution >= 4 is 55.2 Å². The van der Waals surface area contributed by atoms with E-state index in [1.54, 1.807) is 0 Å². The van der Waals surface area contributed by atoms with E-state index in [0.29, 0.717) is 17.9 Å². The van der Waals surface area contributed by atoms with Crippen molar-refractivity contribution in [3.05, 3.63) is 98.4 Å². The number of hydrogen-bond donors (Lipinski definition) is 0. The Hall–Kier alpha value is -2.70. The van der Waals surface area contributed by atoms with E-state index in [-0.39, 0.29) is 5.91 Å². The first-order valence-electron chi connectivity index (χ1n) is 9.46. The number of halogens is 2. The highest BCUT2D eigenvalue weighted by Gasteiger charge is 2.32. The highest BCUT2D eigenvalue weighted by Crippen LogP contribution is 2.36.